The Morgan fingerprint density at radius 1 is 0.574 bits per heavy atom. The highest BCUT2D eigenvalue weighted by molar-refractivity contribution is 5.69. The quantitative estimate of drug-likeness (QED) is 0.0544. The highest BCUT2D eigenvalue weighted by Crippen LogP contribution is 2.21. The van der Waals surface area contributed by atoms with Crippen molar-refractivity contribution in [3.05, 3.63) is 0 Å². The number of hydrogen-bond donors (Lipinski definition) is 1. The molecular weight excluding hydrogens is 586 g/mol. The molecule has 1 N–H and O–H groups in total. The van der Waals surface area contributed by atoms with Crippen LogP contribution in [0.15, 0.2) is 0 Å². The lowest BCUT2D eigenvalue weighted by atomic mass is 9.98. The van der Waals surface area contributed by atoms with Crippen LogP contribution in [0.4, 0.5) is 0 Å². The van der Waals surface area contributed by atoms with Gasteiger partial charge in [0.15, 0.2) is 0 Å². The predicted molar refractivity (Wildman–Crippen MR) is 198 cm³/mol. The fourth-order valence-corrected chi connectivity index (χ4v) is 6.99. The summed E-state index contributed by atoms with van der Waals surface area (Å²) in [5.41, 5.74) is 0. The topological polar surface area (TPSA) is 76.1 Å². The van der Waals surface area contributed by atoms with E-state index in [1.807, 2.05) is 0 Å². The largest absolute Gasteiger partial charge is 0.462 e. The summed E-state index contributed by atoms with van der Waals surface area (Å²) >= 11 is 0. The number of aliphatic hydroxyl groups excluding tert-OH is 1. The zero-order valence-electron chi connectivity index (χ0n) is 31.4. The smallest absolute Gasteiger partial charge is 0.306 e. The van der Waals surface area contributed by atoms with E-state index in [1.165, 1.54) is 109 Å². The van der Waals surface area contributed by atoms with Gasteiger partial charge in [-0.25, -0.2) is 0 Å². The van der Waals surface area contributed by atoms with Crippen molar-refractivity contribution in [1.29, 1.82) is 0 Å². The molecule has 1 saturated carbocycles. The average molecular weight is 666 g/mol. The van der Waals surface area contributed by atoms with Crippen LogP contribution in [0.1, 0.15) is 213 Å². The Bertz CT molecular complexity index is 679. The van der Waals surface area contributed by atoms with Crippen molar-refractivity contribution in [1.82, 2.24) is 4.90 Å². The first-order valence-corrected chi connectivity index (χ1v) is 20.8. The molecule has 0 atom stereocenters. The molecule has 0 aromatic carbocycles. The van der Waals surface area contributed by atoms with Gasteiger partial charge in [0.05, 0.1) is 6.61 Å². The fourth-order valence-electron chi connectivity index (χ4n) is 6.99. The average Bonchev–Trinajstić information content (AvgIpc) is 3.07. The van der Waals surface area contributed by atoms with Crippen molar-refractivity contribution < 1.29 is 24.2 Å². The molecule has 0 aromatic heterocycles. The first kappa shape index (κ1) is 43.9. The molecule has 0 amide bonds. The van der Waals surface area contributed by atoms with Crippen molar-refractivity contribution in [3.63, 3.8) is 0 Å². The summed E-state index contributed by atoms with van der Waals surface area (Å²) in [6, 6.07) is 0. The molecule has 1 aliphatic carbocycles. The standard InChI is InChI=1S/C41H79NO5/c1-3-5-7-9-13-20-28-38(29-21-14-10-8-6-4-2)46-40(44)32-24-15-11-17-26-34-42(36-37-43)35-27-18-12-16-25-33-41(45)47-39-30-22-19-23-31-39/h38-39,43H,3-37H2,1-2H3. The lowest BCUT2D eigenvalue weighted by molar-refractivity contribution is -0.151. The lowest BCUT2D eigenvalue weighted by Gasteiger charge is -2.22. The van der Waals surface area contributed by atoms with E-state index < -0.39 is 0 Å². The van der Waals surface area contributed by atoms with E-state index in [2.05, 4.69) is 18.7 Å². The molecular formula is C41H79NO5. The Morgan fingerprint density at radius 2 is 1.02 bits per heavy atom. The van der Waals surface area contributed by atoms with Gasteiger partial charge in [0, 0.05) is 19.4 Å². The second kappa shape index (κ2) is 33.4. The van der Waals surface area contributed by atoms with Gasteiger partial charge < -0.3 is 19.5 Å². The Morgan fingerprint density at radius 3 is 1.53 bits per heavy atom. The molecule has 0 saturated heterocycles. The minimum absolute atomic E-state index is 0.00259. The normalized spacial score (nSPS) is 13.9. The van der Waals surface area contributed by atoms with Gasteiger partial charge in [-0.2, -0.15) is 0 Å². The minimum atomic E-state index is -0.00259. The number of carbonyl (C=O) groups is 2. The molecule has 1 rings (SSSR count). The Balaban J connectivity index is 2.10. The number of hydrogen-bond acceptors (Lipinski definition) is 6. The van der Waals surface area contributed by atoms with E-state index in [4.69, 9.17) is 9.47 Å². The third kappa shape index (κ3) is 28.4. The molecule has 6 heteroatoms. The van der Waals surface area contributed by atoms with Crippen LogP contribution in [-0.4, -0.2) is 60.4 Å². The van der Waals surface area contributed by atoms with Crippen LogP contribution in [0, 0.1) is 0 Å². The number of carbonyl (C=O) groups excluding carboxylic acids is 2. The second-order valence-electron chi connectivity index (χ2n) is 14.6. The first-order valence-electron chi connectivity index (χ1n) is 20.8. The Labute approximate surface area is 291 Å². The maximum atomic E-state index is 12.7. The van der Waals surface area contributed by atoms with Crippen LogP contribution in [-0.2, 0) is 19.1 Å². The third-order valence-corrected chi connectivity index (χ3v) is 10.0. The number of unbranched alkanes of at least 4 members (excludes halogenated alkanes) is 18. The van der Waals surface area contributed by atoms with Crippen LogP contribution in [0.25, 0.3) is 0 Å². The van der Waals surface area contributed by atoms with Crippen molar-refractivity contribution in [2.75, 3.05) is 26.2 Å². The van der Waals surface area contributed by atoms with Crippen LogP contribution < -0.4 is 0 Å². The number of ether oxygens (including phenoxy) is 2. The maximum Gasteiger partial charge on any atom is 0.306 e. The maximum absolute atomic E-state index is 12.7. The van der Waals surface area contributed by atoms with Crippen LogP contribution >= 0.6 is 0 Å². The van der Waals surface area contributed by atoms with Crippen molar-refractivity contribution in [2.24, 2.45) is 0 Å². The van der Waals surface area contributed by atoms with Crippen LogP contribution in [0.3, 0.4) is 0 Å². The van der Waals surface area contributed by atoms with Gasteiger partial charge in [-0.1, -0.05) is 123 Å². The zero-order chi connectivity index (χ0) is 34.0. The molecule has 0 heterocycles. The molecule has 0 spiro atoms. The predicted octanol–water partition coefficient (Wildman–Crippen LogP) is 11.3. The fraction of sp³-hybridized carbons (Fsp3) is 0.951. The van der Waals surface area contributed by atoms with Crippen molar-refractivity contribution in [3.8, 4) is 0 Å². The first-order chi connectivity index (χ1) is 23.1. The van der Waals surface area contributed by atoms with Crippen LogP contribution in [0.2, 0.25) is 0 Å². The van der Waals surface area contributed by atoms with Gasteiger partial charge >= 0.3 is 11.9 Å². The van der Waals surface area contributed by atoms with Crippen molar-refractivity contribution in [2.45, 2.75) is 225 Å². The van der Waals surface area contributed by atoms with E-state index in [-0.39, 0.29) is 30.8 Å². The molecule has 0 radical (unpaired) electrons. The molecule has 0 aromatic rings. The molecule has 6 nitrogen and oxygen atoms in total. The summed E-state index contributed by atoms with van der Waals surface area (Å²) in [5, 5.41) is 9.52. The van der Waals surface area contributed by atoms with Crippen molar-refractivity contribution >= 4 is 11.9 Å². The SMILES string of the molecule is CCCCCCCCC(CCCCCCCC)OC(=O)CCCCCCCN(CCO)CCCCCCCC(=O)OC1CCCCC1. The Hall–Kier alpha value is -1.14. The summed E-state index contributed by atoms with van der Waals surface area (Å²) in [4.78, 5) is 27.1. The molecule has 0 unspecified atom stereocenters. The molecule has 1 fully saturated rings. The van der Waals surface area contributed by atoms with Gasteiger partial charge in [0.25, 0.3) is 0 Å². The number of aliphatic hydroxyl groups is 1. The van der Waals surface area contributed by atoms with Gasteiger partial charge in [0.2, 0.25) is 0 Å². The van der Waals surface area contributed by atoms with E-state index >= 15 is 0 Å². The molecule has 278 valence electrons. The summed E-state index contributed by atoms with van der Waals surface area (Å²) in [5.74, 6) is 0.0117. The molecule has 1 aliphatic rings. The number of rotatable bonds is 34. The van der Waals surface area contributed by atoms with E-state index in [1.54, 1.807) is 0 Å². The lowest BCUT2D eigenvalue weighted by Crippen LogP contribution is -2.29. The minimum Gasteiger partial charge on any atom is -0.462 e. The highest BCUT2D eigenvalue weighted by Gasteiger charge is 2.17. The van der Waals surface area contributed by atoms with Gasteiger partial charge in [-0.15, -0.1) is 0 Å². The van der Waals surface area contributed by atoms with Gasteiger partial charge in [0.1, 0.15) is 12.2 Å². The van der Waals surface area contributed by atoms with E-state index in [9.17, 15) is 14.7 Å². The molecule has 0 aliphatic heterocycles. The highest BCUT2D eigenvalue weighted by atomic mass is 16.5. The summed E-state index contributed by atoms with van der Waals surface area (Å²) < 4.78 is 11.6. The van der Waals surface area contributed by atoms with Gasteiger partial charge in [-0.05, 0) is 90.1 Å². The van der Waals surface area contributed by atoms with E-state index in [0.29, 0.717) is 12.8 Å². The third-order valence-electron chi connectivity index (χ3n) is 10.0. The summed E-state index contributed by atoms with van der Waals surface area (Å²) in [6.45, 7) is 7.55. The summed E-state index contributed by atoms with van der Waals surface area (Å²) in [6.07, 6.45) is 35.7. The number of nitrogens with zero attached hydrogens (tertiary/aromatic N) is 1. The number of esters is 2. The summed E-state index contributed by atoms with van der Waals surface area (Å²) in [7, 11) is 0. The molecule has 0 bridgehead atoms. The Kier molecular flexibility index (Phi) is 31.1. The van der Waals surface area contributed by atoms with Gasteiger partial charge in [-0.3, -0.25) is 9.59 Å². The monoisotopic (exact) mass is 666 g/mol. The van der Waals surface area contributed by atoms with Crippen LogP contribution in [0.5, 0.6) is 0 Å². The second-order valence-corrected chi connectivity index (χ2v) is 14.6. The molecule has 47 heavy (non-hydrogen) atoms. The van der Waals surface area contributed by atoms with E-state index in [0.717, 1.165) is 96.7 Å². The zero-order valence-corrected chi connectivity index (χ0v) is 31.4.